The van der Waals surface area contributed by atoms with Crippen molar-refractivity contribution in [3.8, 4) is 28.7 Å². The molecule has 0 saturated carbocycles. The summed E-state index contributed by atoms with van der Waals surface area (Å²) < 4.78 is 2.47. The van der Waals surface area contributed by atoms with Gasteiger partial charge < -0.3 is 4.57 Å². The zero-order valence-electron chi connectivity index (χ0n) is 17.0. The van der Waals surface area contributed by atoms with Crippen molar-refractivity contribution in [2.75, 3.05) is 0 Å². The highest BCUT2D eigenvalue weighted by Crippen LogP contribution is 2.29. The summed E-state index contributed by atoms with van der Waals surface area (Å²) in [4.78, 5) is 5.00. The third-order valence-electron chi connectivity index (χ3n) is 5.03. The van der Waals surface area contributed by atoms with Crippen LogP contribution in [0, 0.1) is 29.8 Å². The van der Waals surface area contributed by atoms with E-state index in [4.69, 9.17) is 17.2 Å². The number of aromatic nitrogens is 2. The van der Waals surface area contributed by atoms with Crippen molar-refractivity contribution in [2.24, 2.45) is 0 Å². The van der Waals surface area contributed by atoms with E-state index >= 15 is 0 Å². The fourth-order valence-corrected chi connectivity index (χ4v) is 3.87. The van der Waals surface area contributed by atoms with Crippen LogP contribution in [0.4, 0.5) is 0 Å². The van der Waals surface area contributed by atoms with Gasteiger partial charge in [0.2, 0.25) is 0 Å². The number of hydrogen-bond acceptors (Lipinski definition) is 3. The van der Waals surface area contributed by atoms with Gasteiger partial charge in [-0.2, -0.15) is 5.26 Å². The van der Waals surface area contributed by atoms with Gasteiger partial charge in [-0.05, 0) is 31.5 Å². The second-order valence-electron chi connectivity index (χ2n) is 7.39. The molecule has 3 nitrogen and oxygen atoms in total. The molecule has 4 heteroatoms. The van der Waals surface area contributed by atoms with Crippen LogP contribution in [0.1, 0.15) is 22.3 Å². The van der Waals surface area contributed by atoms with Crippen LogP contribution in [0.3, 0.4) is 0 Å². The van der Waals surface area contributed by atoms with Crippen molar-refractivity contribution in [3.05, 3.63) is 106 Å². The minimum absolute atomic E-state index is 0.433. The standard InChI is InChI=1S/C26H21N3S/c1-18-8-6-12-21(14-18)24-23(16-27)26(30)29(17-20-10-4-3-5-11-20)25(28-24)22-13-7-9-19(2)15-22/h3-15H,17H2,1-2H3. The number of aryl methyl sites for hydroxylation is 2. The minimum Gasteiger partial charge on any atom is -0.311 e. The van der Waals surface area contributed by atoms with E-state index in [1.54, 1.807) is 0 Å². The van der Waals surface area contributed by atoms with Gasteiger partial charge in [-0.15, -0.1) is 0 Å². The molecule has 0 radical (unpaired) electrons. The molecule has 146 valence electrons. The number of nitriles is 1. The molecule has 30 heavy (non-hydrogen) atoms. The van der Waals surface area contributed by atoms with Gasteiger partial charge in [0.25, 0.3) is 0 Å². The Balaban J connectivity index is 2.02. The largest absolute Gasteiger partial charge is 0.311 e. The van der Waals surface area contributed by atoms with E-state index in [0.29, 0.717) is 22.4 Å². The van der Waals surface area contributed by atoms with Gasteiger partial charge in [-0.3, -0.25) is 0 Å². The van der Waals surface area contributed by atoms with Crippen LogP contribution < -0.4 is 0 Å². The summed E-state index contributed by atoms with van der Waals surface area (Å²) in [5.41, 5.74) is 6.32. The molecule has 4 rings (SSSR count). The van der Waals surface area contributed by atoms with Crippen molar-refractivity contribution in [1.82, 2.24) is 9.55 Å². The van der Waals surface area contributed by atoms with Crippen LogP contribution in [-0.4, -0.2) is 9.55 Å². The zero-order valence-corrected chi connectivity index (χ0v) is 17.8. The summed E-state index contributed by atoms with van der Waals surface area (Å²) >= 11 is 5.83. The molecule has 0 aliphatic heterocycles. The first kappa shape index (κ1) is 19.8. The first-order chi connectivity index (χ1) is 14.6. The lowest BCUT2D eigenvalue weighted by Gasteiger charge is -2.17. The maximum Gasteiger partial charge on any atom is 0.142 e. The average Bonchev–Trinajstić information content (AvgIpc) is 2.75. The molecule has 0 spiro atoms. The van der Waals surface area contributed by atoms with Gasteiger partial charge in [0.15, 0.2) is 0 Å². The van der Waals surface area contributed by atoms with Crippen LogP contribution in [-0.2, 0) is 6.54 Å². The van der Waals surface area contributed by atoms with E-state index in [1.165, 1.54) is 0 Å². The fourth-order valence-electron chi connectivity index (χ4n) is 3.57. The van der Waals surface area contributed by atoms with Crippen molar-refractivity contribution < 1.29 is 0 Å². The Kier molecular flexibility index (Phi) is 5.56. The Labute approximate surface area is 181 Å². The zero-order chi connectivity index (χ0) is 21.1. The Morgan fingerprint density at radius 1 is 0.867 bits per heavy atom. The molecule has 0 unspecified atom stereocenters. The predicted molar refractivity (Wildman–Crippen MR) is 124 cm³/mol. The van der Waals surface area contributed by atoms with Gasteiger partial charge in [0.05, 0.1) is 12.2 Å². The molecular formula is C26H21N3S. The number of nitrogens with zero attached hydrogens (tertiary/aromatic N) is 3. The second-order valence-corrected chi connectivity index (χ2v) is 7.77. The Bertz CT molecular complexity index is 1310. The highest BCUT2D eigenvalue weighted by Gasteiger charge is 2.17. The molecule has 0 bridgehead atoms. The number of hydrogen-bond donors (Lipinski definition) is 0. The van der Waals surface area contributed by atoms with E-state index < -0.39 is 0 Å². The Hall–Kier alpha value is -3.55. The Morgan fingerprint density at radius 3 is 2.13 bits per heavy atom. The summed E-state index contributed by atoms with van der Waals surface area (Å²) in [6.07, 6.45) is 0. The van der Waals surface area contributed by atoms with Crippen molar-refractivity contribution in [1.29, 1.82) is 5.26 Å². The molecule has 4 aromatic rings. The molecule has 0 N–H and O–H groups in total. The second kappa shape index (κ2) is 8.44. The van der Waals surface area contributed by atoms with Gasteiger partial charge >= 0.3 is 0 Å². The van der Waals surface area contributed by atoms with Gasteiger partial charge in [0, 0.05) is 11.1 Å². The van der Waals surface area contributed by atoms with Gasteiger partial charge in [-0.25, -0.2) is 4.98 Å². The molecule has 0 saturated heterocycles. The summed E-state index contributed by atoms with van der Waals surface area (Å²) in [6.45, 7) is 4.65. The van der Waals surface area contributed by atoms with E-state index in [2.05, 4.69) is 37.3 Å². The third kappa shape index (κ3) is 3.94. The van der Waals surface area contributed by atoms with Crippen molar-refractivity contribution >= 4 is 12.2 Å². The summed E-state index contributed by atoms with van der Waals surface area (Å²) in [6, 6.07) is 28.7. The molecule has 1 heterocycles. The molecular weight excluding hydrogens is 386 g/mol. The van der Waals surface area contributed by atoms with E-state index in [0.717, 1.165) is 33.6 Å². The van der Waals surface area contributed by atoms with Crippen LogP contribution in [0.2, 0.25) is 0 Å². The van der Waals surface area contributed by atoms with E-state index in [1.807, 2.05) is 66.1 Å². The summed E-state index contributed by atoms with van der Waals surface area (Å²) in [5.74, 6) is 0.767. The first-order valence-corrected chi connectivity index (χ1v) is 10.2. The lowest BCUT2D eigenvalue weighted by molar-refractivity contribution is 0.765. The minimum atomic E-state index is 0.433. The monoisotopic (exact) mass is 407 g/mol. The van der Waals surface area contributed by atoms with Gasteiger partial charge in [-0.1, -0.05) is 90.1 Å². The van der Waals surface area contributed by atoms with Crippen LogP contribution in [0.5, 0.6) is 0 Å². The topological polar surface area (TPSA) is 41.6 Å². The van der Waals surface area contributed by atoms with E-state index in [-0.39, 0.29) is 0 Å². The lowest BCUT2D eigenvalue weighted by atomic mass is 10.0. The SMILES string of the molecule is Cc1cccc(-c2nc(-c3cccc(C)c3)n(Cc3ccccc3)c(=S)c2C#N)c1. The van der Waals surface area contributed by atoms with Crippen molar-refractivity contribution in [3.63, 3.8) is 0 Å². The lowest BCUT2D eigenvalue weighted by Crippen LogP contribution is -2.11. The maximum absolute atomic E-state index is 9.96. The van der Waals surface area contributed by atoms with E-state index in [9.17, 15) is 5.26 Å². The average molecular weight is 408 g/mol. The summed E-state index contributed by atoms with van der Waals surface area (Å²) in [5, 5.41) is 9.96. The highest BCUT2D eigenvalue weighted by atomic mass is 32.1. The number of benzene rings is 3. The smallest absolute Gasteiger partial charge is 0.142 e. The third-order valence-corrected chi connectivity index (χ3v) is 5.46. The predicted octanol–water partition coefficient (Wildman–Crippen LogP) is 6.48. The first-order valence-electron chi connectivity index (χ1n) is 9.80. The number of rotatable bonds is 4. The van der Waals surface area contributed by atoms with Crippen LogP contribution >= 0.6 is 12.2 Å². The fraction of sp³-hybridized carbons (Fsp3) is 0.115. The Morgan fingerprint density at radius 2 is 1.50 bits per heavy atom. The molecule has 0 amide bonds. The normalized spacial score (nSPS) is 10.6. The molecule has 1 aromatic heterocycles. The van der Waals surface area contributed by atoms with Crippen molar-refractivity contribution in [2.45, 2.75) is 20.4 Å². The highest BCUT2D eigenvalue weighted by molar-refractivity contribution is 7.71. The quantitative estimate of drug-likeness (QED) is 0.363. The van der Waals surface area contributed by atoms with Gasteiger partial charge in [0.1, 0.15) is 22.1 Å². The summed E-state index contributed by atoms with van der Waals surface area (Å²) in [7, 11) is 0. The maximum atomic E-state index is 9.96. The van der Waals surface area contributed by atoms with Crippen LogP contribution in [0.25, 0.3) is 22.6 Å². The molecule has 3 aromatic carbocycles. The molecule has 0 atom stereocenters. The molecule has 0 aliphatic carbocycles. The molecule has 0 aliphatic rings. The van der Waals surface area contributed by atoms with Crippen LogP contribution in [0.15, 0.2) is 78.9 Å². The molecule has 0 fully saturated rings.